The molecule has 4 nitrogen and oxygen atoms in total. The van der Waals surface area contributed by atoms with Crippen LogP contribution >= 0.6 is 0 Å². The summed E-state index contributed by atoms with van der Waals surface area (Å²) in [5.41, 5.74) is 4.86. The van der Waals surface area contributed by atoms with Crippen molar-refractivity contribution in [3.63, 3.8) is 0 Å². The highest BCUT2D eigenvalue weighted by Gasteiger charge is 2.20. The number of nitrogens with one attached hydrogen (secondary N) is 1. The van der Waals surface area contributed by atoms with Crippen LogP contribution in [0.1, 0.15) is 29.7 Å². The average Bonchev–Trinajstić information content (AvgIpc) is 3.16. The van der Waals surface area contributed by atoms with Crippen LogP contribution in [0.2, 0.25) is 0 Å². The second kappa shape index (κ2) is 7.28. The predicted molar refractivity (Wildman–Crippen MR) is 109 cm³/mol. The van der Waals surface area contributed by atoms with Crippen molar-refractivity contribution in [1.82, 2.24) is 14.6 Å². The number of halogens is 2. The van der Waals surface area contributed by atoms with Gasteiger partial charge in [0.15, 0.2) is 5.65 Å². The Morgan fingerprint density at radius 2 is 1.83 bits per heavy atom. The molecular formula is C23H20F2N4. The first-order valence-electron chi connectivity index (χ1n) is 9.84. The van der Waals surface area contributed by atoms with Crippen molar-refractivity contribution in [2.24, 2.45) is 0 Å². The van der Waals surface area contributed by atoms with Gasteiger partial charge in [0, 0.05) is 35.0 Å². The smallest absolute Gasteiger partial charge is 0.158 e. The summed E-state index contributed by atoms with van der Waals surface area (Å²) in [4.78, 5) is 4.81. The van der Waals surface area contributed by atoms with E-state index in [0.29, 0.717) is 29.0 Å². The monoisotopic (exact) mass is 390 g/mol. The molecule has 0 spiro atoms. The lowest BCUT2D eigenvalue weighted by molar-refractivity contribution is 0.612. The van der Waals surface area contributed by atoms with Crippen molar-refractivity contribution in [3.8, 4) is 11.3 Å². The number of aryl methyl sites for hydroxylation is 1. The number of rotatable bonds is 4. The van der Waals surface area contributed by atoms with Crippen LogP contribution in [0.25, 0.3) is 16.9 Å². The van der Waals surface area contributed by atoms with E-state index in [-0.39, 0.29) is 11.6 Å². The maximum Gasteiger partial charge on any atom is 0.158 e. The topological polar surface area (TPSA) is 42.2 Å². The fourth-order valence-electron chi connectivity index (χ4n) is 3.94. The molecule has 0 saturated heterocycles. The Hall–Kier alpha value is -3.28. The standard InChI is InChI=1S/C23H20F2N4/c24-17-8-5-7-15(12-17)21-13-22-27-20-11-4-2-9-18(20)23(29(22)28-21)26-14-16-6-1-3-10-19(16)25/h1,3,5-8,10,12-13,26H,2,4,9,11,14H2. The summed E-state index contributed by atoms with van der Waals surface area (Å²) in [6.07, 6.45) is 4.02. The molecular weight excluding hydrogens is 370 g/mol. The van der Waals surface area contributed by atoms with Gasteiger partial charge in [-0.1, -0.05) is 30.3 Å². The van der Waals surface area contributed by atoms with Crippen LogP contribution in [0.3, 0.4) is 0 Å². The van der Waals surface area contributed by atoms with E-state index < -0.39 is 0 Å². The van der Waals surface area contributed by atoms with Gasteiger partial charge in [-0.15, -0.1) is 0 Å². The molecule has 0 aliphatic heterocycles. The normalized spacial score (nSPS) is 13.4. The lowest BCUT2D eigenvalue weighted by Gasteiger charge is -2.20. The Bertz CT molecular complexity index is 1200. The number of hydrogen-bond acceptors (Lipinski definition) is 3. The molecule has 2 aromatic carbocycles. The van der Waals surface area contributed by atoms with E-state index in [1.54, 1.807) is 22.7 Å². The highest BCUT2D eigenvalue weighted by atomic mass is 19.1. The summed E-state index contributed by atoms with van der Waals surface area (Å²) < 4.78 is 29.5. The van der Waals surface area contributed by atoms with Crippen molar-refractivity contribution in [3.05, 3.63) is 83.1 Å². The number of nitrogens with zero attached hydrogens (tertiary/aromatic N) is 3. The zero-order chi connectivity index (χ0) is 19.8. The highest BCUT2D eigenvalue weighted by Crippen LogP contribution is 2.30. The van der Waals surface area contributed by atoms with Crippen LogP contribution in [-0.4, -0.2) is 14.6 Å². The summed E-state index contributed by atoms with van der Waals surface area (Å²) in [7, 11) is 0. The van der Waals surface area contributed by atoms with Crippen LogP contribution < -0.4 is 5.32 Å². The van der Waals surface area contributed by atoms with Gasteiger partial charge >= 0.3 is 0 Å². The van der Waals surface area contributed by atoms with Crippen LogP contribution in [0.15, 0.2) is 54.6 Å². The second-order valence-electron chi connectivity index (χ2n) is 7.35. The molecule has 0 radical (unpaired) electrons. The van der Waals surface area contributed by atoms with E-state index in [1.807, 2.05) is 18.2 Å². The van der Waals surface area contributed by atoms with Crippen molar-refractivity contribution in [2.45, 2.75) is 32.2 Å². The summed E-state index contributed by atoms with van der Waals surface area (Å²) in [6.45, 7) is 0.355. The van der Waals surface area contributed by atoms with Crippen molar-refractivity contribution >= 4 is 11.5 Å². The van der Waals surface area contributed by atoms with E-state index >= 15 is 0 Å². The van der Waals surface area contributed by atoms with Gasteiger partial charge in [0.05, 0.1) is 5.69 Å². The molecule has 0 saturated carbocycles. The SMILES string of the molecule is Fc1cccc(-c2cc3nc4c(c(NCc5ccccc5F)n3n2)CCCC4)c1. The molecule has 1 N–H and O–H groups in total. The Labute approximate surface area is 167 Å². The Kier molecular flexibility index (Phi) is 4.46. The van der Waals surface area contributed by atoms with Crippen LogP contribution in [-0.2, 0) is 19.4 Å². The third-order valence-corrected chi connectivity index (χ3v) is 5.40. The molecule has 2 aromatic heterocycles. The molecule has 5 rings (SSSR count). The first-order chi connectivity index (χ1) is 14.2. The van der Waals surface area contributed by atoms with Gasteiger partial charge in [0.25, 0.3) is 0 Å². The molecule has 4 aromatic rings. The Morgan fingerprint density at radius 3 is 2.69 bits per heavy atom. The third-order valence-electron chi connectivity index (χ3n) is 5.40. The first kappa shape index (κ1) is 17.8. The van der Waals surface area contributed by atoms with Crippen LogP contribution in [0, 0.1) is 11.6 Å². The lowest BCUT2D eigenvalue weighted by Crippen LogP contribution is -2.15. The van der Waals surface area contributed by atoms with Gasteiger partial charge in [-0.2, -0.15) is 9.61 Å². The Balaban J connectivity index is 1.61. The summed E-state index contributed by atoms with van der Waals surface area (Å²) in [5.74, 6) is 0.306. The molecule has 0 unspecified atom stereocenters. The maximum atomic E-state index is 14.1. The van der Waals surface area contributed by atoms with Gasteiger partial charge in [0.1, 0.15) is 17.5 Å². The van der Waals surface area contributed by atoms with Crippen LogP contribution in [0.4, 0.5) is 14.6 Å². The Morgan fingerprint density at radius 1 is 0.966 bits per heavy atom. The minimum absolute atomic E-state index is 0.236. The lowest BCUT2D eigenvalue weighted by atomic mass is 9.96. The molecule has 6 heteroatoms. The average molecular weight is 390 g/mol. The number of benzene rings is 2. The van der Waals surface area contributed by atoms with Crippen molar-refractivity contribution < 1.29 is 8.78 Å². The van der Waals surface area contributed by atoms with E-state index in [9.17, 15) is 8.78 Å². The quantitative estimate of drug-likeness (QED) is 0.523. The molecule has 2 heterocycles. The highest BCUT2D eigenvalue weighted by molar-refractivity contribution is 5.67. The van der Waals surface area contributed by atoms with E-state index in [4.69, 9.17) is 10.1 Å². The maximum absolute atomic E-state index is 14.1. The van der Waals surface area contributed by atoms with Gasteiger partial charge in [-0.25, -0.2) is 13.8 Å². The van der Waals surface area contributed by atoms with Crippen molar-refractivity contribution in [2.75, 3.05) is 5.32 Å². The van der Waals surface area contributed by atoms with Gasteiger partial charge in [-0.3, -0.25) is 0 Å². The number of aromatic nitrogens is 3. The van der Waals surface area contributed by atoms with Crippen molar-refractivity contribution in [1.29, 1.82) is 0 Å². The molecule has 146 valence electrons. The van der Waals surface area contributed by atoms with Gasteiger partial charge in [-0.05, 0) is 43.9 Å². The molecule has 1 aliphatic rings. The van der Waals surface area contributed by atoms with E-state index in [1.165, 1.54) is 18.2 Å². The minimum atomic E-state index is -0.301. The third kappa shape index (κ3) is 3.35. The van der Waals surface area contributed by atoms with E-state index in [0.717, 1.165) is 42.8 Å². The number of hydrogen-bond donors (Lipinski definition) is 1. The first-order valence-corrected chi connectivity index (χ1v) is 9.84. The largest absolute Gasteiger partial charge is 0.365 e. The number of fused-ring (bicyclic) bond motifs is 2. The summed E-state index contributed by atoms with van der Waals surface area (Å²) in [5, 5.41) is 8.09. The molecule has 0 atom stereocenters. The van der Waals surface area contributed by atoms with Gasteiger partial charge < -0.3 is 5.32 Å². The van der Waals surface area contributed by atoms with E-state index in [2.05, 4.69) is 5.32 Å². The zero-order valence-electron chi connectivity index (χ0n) is 15.8. The molecule has 1 aliphatic carbocycles. The predicted octanol–water partition coefficient (Wildman–Crippen LogP) is 5.17. The molecule has 0 fully saturated rings. The van der Waals surface area contributed by atoms with Gasteiger partial charge in [0.2, 0.25) is 0 Å². The minimum Gasteiger partial charge on any atom is -0.365 e. The molecule has 0 amide bonds. The molecule has 0 bridgehead atoms. The number of anilines is 1. The zero-order valence-corrected chi connectivity index (χ0v) is 15.8. The summed E-state index contributed by atoms with van der Waals surface area (Å²) >= 11 is 0. The molecule has 29 heavy (non-hydrogen) atoms. The fourth-order valence-corrected chi connectivity index (χ4v) is 3.94. The fraction of sp³-hybridized carbons (Fsp3) is 0.217. The second-order valence-corrected chi connectivity index (χ2v) is 7.35. The summed E-state index contributed by atoms with van der Waals surface area (Å²) in [6, 6.07) is 15.0. The van der Waals surface area contributed by atoms with Crippen LogP contribution in [0.5, 0.6) is 0 Å².